The lowest BCUT2D eigenvalue weighted by atomic mass is 9.99. The number of carbonyl (C=O) groups is 9. The van der Waals surface area contributed by atoms with Gasteiger partial charge in [0.05, 0.1) is 25.1 Å². The minimum absolute atomic E-state index is 0.0191. The topological polar surface area (TPSA) is 325 Å². The van der Waals surface area contributed by atoms with Crippen molar-refractivity contribution in [2.24, 2.45) is 17.6 Å². The summed E-state index contributed by atoms with van der Waals surface area (Å²) in [5, 5.41) is 45.2. The fourth-order valence-electron chi connectivity index (χ4n) is 4.99. The molecule has 12 N–H and O–H groups in total. The van der Waals surface area contributed by atoms with Crippen LogP contribution in [0.25, 0.3) is 0 Å². The molecule has 1 aliphatic heterocycles. The Balaban J connectivity index is 3.13. The highest BCUT2D eigenvalue weighted by Gasteiger charge is 2.34. The van der Waals surface area contributed by atoms with Crippen molar-refractivity contribution in [3.05, 3.63) is 0 Å². The first-order chi connectivity index (χ1) is 23.7. The summed E-state index contributed by atoms with van der Waals surface area (Å²) in [5.74, 6) is -9.14. The molecule has 0 aliphatic carbocycles. The molecule has 7 amide bonds. The molecule has 0 bridgehead atoms. The molecule has 1 saturated heterocycles. The molecule has 0 aromatic rings. The Morgan fingerprint density at radius 3 is 1.67 bits per heavy atom. The Morgan fingerprint density at radius 1 is 0.725 bits per heavy atom. The second-order valence-electron chi connectivity index (χ2n) is 13.3. The number of carbonyl (C=O) groups excluding carboxylic acids is 7. The maximum atomic E-state index is 13.4. The molecule has 0 spiro atoms. The summed E-state index contributed by atoms with van der Waals surface area (Å²) >= 11 is 0. The van der Waals surface area contributed by atoms with Crippen LogP contribution in [0.2, 0.25) is 0 Å². The molecule has 0 radical (unpaired) electrons. The number of rotatable bonds is 22. The van der Waals surface area contributed by atoms with Crippen LogP contribution in [0.15, 0.2) is 0 Å². The van der Waals surface area contributed by atoms with Crippen LogP contribution in [0.4, 0.5) is 0 Å². The SMILES string of the molecule is CC(C)C[C@H](NC(=O)[C@H](CC(C)C)NC(=O)[C@H](CC(=O)O)NC(=O)[C@H](CCC(N)=O)NC(=O)CNC(=O)[C@@H]1C[C@@H](O)CN1)C(=O)N[C@@H](C)C(=O)O. The van der Waals surface area contributed by atoms with E-state index in [1.807, 2.05) is 0 Å². The summed E-state index contributed by atoms with van der Waals surface area (Å²) in [6.45, 7) is 7.86. The number of carboxylic acid groups (broad SMARTS) is 2. The fourth-order valence-corrected chi connectivity index (χ4v) is 4.99. The molecule has 0 unspecified atom stereocenters. The lowest BCUT2D eigenvalue weighted by Crippen LogP contribution is -2.59. The molecule has 0 aromatic heterocycles. The summed E-state index contributed by atoms with van der Waals surface area (Å²) in [6, 6.07) is -7.78. The van der Waals surface area contributed by atoms with Crippen LogP contribution in [0.5, 0.6) is 0 Å². The van der Waals surface area contributed by atoms with E-state index in [0.717, 1.165) is 0 Å². The van der Waals surface area contributed by atoms with Crippen molar-refractivity contribution in [3.63, 3.8) is 0 Å². The van der Waals surface area contributed by atoms with Gasteiger partial charge in [-0.2, -0.15) is 0 Å². The normalized spacial score (nSPS) is 18.4. The van der Waals surface area contributed by atoms with Gasteiger partial charge in [0.1, 0.15) is 30.2 Å². The van der Waals surface area contributed by atoms with Crippen molar-refractivity contribution in [3.8, 4) is 0 Å². The van der Waals surface area contributed by atoms with Gasteiger partial charge in [0.25, 0.3) is 0 Å². The maximum Gasteiger partial charge on any atom is 0.325 e. The number of aliphatic carboxylic acids is 2. The average molecular weight is 729 g/mol. The van der Waals surface area contributed by atoms with E-state index in [4.69, 9.17) is 5.73 Å². The van der Waals surface area contributed by atoms with Crippen molar-refractivity contribution < 1.29 is 58.5 Å². The Bertz CT molecular complexity index is 1290. The van der Waals surface area contributed by atoms with Crippen LogP contribution in [-0.4, -0.2) is 124 Å². The van der Waals surface area contributed by atoms with E-state index in [0.29, 0.717) is 0 Å². The van der Waals surface area contributed by atoms with Crippen LogP contribution in [0, 0.1) is 11.8 Å². The lowest BCUT2D eigenvalue weighted by molar-refractivity contribution is -0.142. The number of amides is 7. The van der Waals surface area contributed by atoms with Gasteiger partial charge in [0.15, 0.2) is 0 Å². The van der Waals surface area contributed by atoms with Gasteiger partial charge < -0.3 is 58.3 Å². The Kier molecular flexibility index (Phi) is 18.5. The largest absolute Gasteiger partial charge is 0.481 e. The third-order valence-corrected chi connectivity index (χ3v) is 7.60. The number of nitrogens with one attached hydrogen (secondary N) is 7. The summed E-state index contributed by atoms with van der Waals surface area (Å²) in [6.07, 6.45) is -2.16. The molecule has 1 rings (SSSR count). The van der Waals surface area contributed by atoms with Crippen molar-refractivity contribution in [1.82, 2.24) is 37.2 Å². The molecule has 1 aliphatic rings. The first-order valence-electron chi connectivity index (χ1n) is 16.6. The summed E-state index contributed by atoms with van der Waals surface area (Å²) in [7, 11) is 0. The number of carboxylic acids is 2. The van der Waals surface area contributed by atoms with Gasteiger partial charge >= 0.3 is 11.9 Å². The van der Waals surface area contributed by atoms with Gasteiger partial charge in [-0.25, -0.2) is 0 Å². The van der Waals surface area contributed by atoms with E-state index >= 15 is 0 Å². The highest BCUT2D eigenvalue weighted by molar-refractivity contribution is 5.97. The van der Waals surface area contributed by atoms with E-state index in [1.54, 1.807) is 27.7 Å². The van der Waals surface area contributed by atoms with Gasteiger partial charge in [-0.15, -0.1) is 0 Å². The molecule has 1 fully saturated rings. The standard InChI is InChI=1S/C31H52N8O12/c1-14(2)8-20(28(47)35-16(5)31(50)51)37-29(48)21(9-15(3)4)38-30(49)22(11-25(43)44)39-27(46)18(6-7-23(32)41)36-24(42)13-34-26(45)19-10-17(40)12-33-19/h14-22,33,40H,6-13H2,1-5H3,(H2,32,41)(H,34,45)(H,35,47)(H,36,42)(H,37,48)(H,38,49)(H,39,46)(H,43,44)(H,50,51)/t16-,17+,18-,19-,20-,21-,22-/m0/s1. The molecule has 51 heavy (non-hydrogen) atoms. The Labute approximate surface area is 295 Å². The van der Waals surface area contributed by atoms with Crippen LogP contribution < -0.4 is 43.0 Å². The monoisotopic (exact) mass is 728 g/mol. The van der Waals surface area contributed by atoms with E-state index in [2.05, 4.69) is 37.2 Å². The second-order valence-corrected chi connectivity index (χ2v) is 13.3. The van der Waals surface area contributed by atoms with Crippen molar-refractivity contribution >= 4 is 53.3 Å². The predicted molar refractivity (Wildman–Crippen MR) is 178 cm³/mol. The zero-order chi connectivity index (χ0) is 39.0. The van der Waals surface area contributed by atoms with E-state index in [9.17, 15) is 58.5 Å². The predicted octanol–water partition coefficient (Wildman–Crippen LogP) is -3.81. The number of hydrogen-bond donors (Lipinski definition) is 11. The molecule has 7 atom stereocenters. The zero-order valence-corrected chi connectivity index (χ0v) is 29.4. The van der Waals surface area contributed by atoms with Crippen LogP contribution >= 0.6 is 0 Å². The molecule has 1 heterocycles. The first-order valence-corrected chi connectivity index (χ1v) is 16.6. The lowest BCUT2D eigenvalue weighted by Gasteiger charge is -2.27. The van der Waals surface area contributed by atoms with Gasteiger partial charge in [-0.05, 0) is 44.4 Å². The Morgan fingerprint density at radius 2 is 1.22 bits per heavy atom. The third kappa shape index (κ3) is 17.1. The van der Waals surface area contributed by atoms with Crippen LogP contribution in [0.3, 0.4) is 0 Å². The zero-order valence-electron chi connectivity index (χ0n) is 29.4. The van der Waals surface area contributed by atoms with Crippen molar-refractivity contribution in [2.45, 2.75) is 115 Å². The quantitative estimate of drug-likeness (QED) is 0.0510. The molecule has 288 valence electrons. The number of nitrogens with two attached hydrogens (primary N) is 1. The smallest absolute Gasteiger partial charge is 0.325 e. The van der Waals surface area contributed by atoms with E-state index in [1.165, 1.54) is 6.92 Å². The van der Waals surface area contributed by atoms with Gasteiger partial charge in [0.2, 0.25) is 41.4 Å². The number of primary amides is 1. The summed E-state index contributed by atoms with van der Waals surface area (Å²) in [5.41, 5.74) is 5.21. The highest BCUT2D eigenvalue weighted by atomic mass is 16.4. The van der Waals surface area contributed by atoms with Gasteiger partial charge in [0, 0.05) is 13.0 Å². The molecule has 20 nitrogen and oxygen atoms in total. The fraction of sp³-hybridized carbons (Fsp3) is 0.710. The molecular weight excluding hydrogens is 676 g/mol. The minimum atomic E-state index is -1.78. The van der Waals surface area contributed by atoms with Gasteiger partial charge in [-0.1, -0.05) is 27.7 Å². The van der Waals surface area contributed by atoms with E-state index < -0.39 is 115 Å². The first kappa shape index (κ1) is 44.2. The minimum Gasteiger partial charge on any atom is -0.481 e. The van der Waals surface area contributed by atoms with E-state index in [-0.39, 0.29) is 44.1 Å². The third-order valence-electron chi connectivity index (χ3n) is 7.60. The van der Waals surface area contributed by atoms with Crippen molar-refractivity contribution in [2.75, 3.05) is 13.1 Å². The highest BCUT2D eigenvalue weighted by Crippen LogP contribution is 2.11. The number of aliphatic hydroxyl groups is 1. The Hall–Kier alpha value is -4.85. The molecule has 0 aromatic carbocycles. The number of aliphatic hydroxyl groups excluding tert-OH is 1. The van der Waals surface area contributed by atoms with Crippen molar-refractivity contribution in [1.29, 1.82) is 0 Å². The van der Waals surface area contributed by atoms with Crippen LogP contribution in [-0.2, 0) is 43.2 Å². The summed E-state index contributed by atoms with van der Waals surface area (Å²) in [4.78, 5) is 112. The molecule has 20 heteroatoms. The average Bonchev–Trinajstić information content (AvgIpc) is 3.45. The number of β-amino-alcohol motifs (C(OH)–C–C–N with tert-alkyl or cyclic N) is 1. The molecule has 0 saturated carbocycles. The molecular formula is C31H52N8O12. The second kappa shape index (κ2) is 21.4. The van der Waals surface area contributed by atoms with Crippen LogP contribution in [0.1, 0.15) is 73.1 Å². The summed E-state index contributed by atoms with van der Waals surface area (Å²) < 4.78 is 0. The van der Waals surface area contributed by atoms with Gasteiger partial charge in [-0.3, -0.25) is 43.2 Å². The number of hydrogen-bond acceptors (Lipinski definition) is 11. The maximum absolute atomic E-state index is 13.4.